The van der Waals surface area contributed by atoms with Crippen LogP contribution in [0.15, 0.2) is 56.6 Å². The number of furan rings is 2. The number of thiophene rings is 1. The lowest BCUT2D eigenvalue weighted by Gasteiger charge is -2.03. The molecule has 31 heavy (non-hydrogen) atoms. The molecule has 4 aromatic rings. The van der Waals surface area contributed by atoms with Gasteiger partial charge in [0, 0.05) is 18.0 Å². The Balaban J connectivity index is 1.66. The fraction of sp³-hybridized carbons (Fsp3) is 0.0435. The van der Waals surface area contributed by atoms with Crippen molar-refractivity contribution in [2.45, 2.75) is 0 Å². The van der Waals surface area contributed by atoms with E-state index in [9.17, 15) is 0 Å². The summed E-state index contributed by atoms with van der Waals surface area (Å²) in [6, 6.07) is 14.7. The van der Waals surface area contributed by atoms with Gasteiger partial charge in [-0.25, -0.2) is 20.2 Å². The molecule has 0 N–H and O–H groups in total. The molecule has 0 saturated heterocycles. The Morgan fingerprint density at radius 1 is 0.968 bits per heavy atom. The normalized spacial score (nSPS) is 11.6. The predicted octanol–water partition coefficient (Wildman–Crippen LogP) is 6.33. The van der Waals surface area contributed by atoms with Gasteiger partial charge in [0.1, 0.15) is 11.3 Å². The minimum Gasteiger partial charge on any atom is -0.456 e. The largest absolute Gasteiger partial charge is 0.456 e. The second-order valence-electron chi connectivity index (χ2n) is 6.36. The maximum atomic E-state index is 8.91. The standard InChI is InChI=1S/C23H11N5O2S/c1-26-14(12-24)8-16-4-7-20(29-16)18-5-6-19(28(18)3)21-11-23-22(30-21)10-17(31-23)9-15(13-25)27-2/h4-11H,3H3/b14-8+,15-9-. The average molecular weight is 421 g/mol. The van der Waals surface area contributed by atoms with Crippen molar-refractivity contribution < 1.29 is 8.83 Å². The molecule has 0 fully saturated rings. The number of hydrogen-bond acceptors (Lipinski definition) is 5. The van der Waals surface area contributed by atoms with Gasteiger partial charge in [0.25, 0.3) is 11.4 Å². The lowest BCUT2D eigenvalue weighted by molar-refractivity contribution is 0.566. The smallest absolute Gasteiger partial charge is 0.265 e. The minimum absolute atomic E-state index is 0.0298. The number of hydrogen-bond donors (Lipinski definition) is 0. The van der Waals surface area contributed by atoms with Crippen molar-refractivity contribution in [2.75, 3.05) is 0 Å². The number of fused-ring (bicyclic) bond motifs is 1. The van der Waals surface area contributed by atoms with Gasteiger partial charge in [-0.05, 0) is 42.5 Å². The quantitative estimate of drug-likeness (QED) is 0.285. The zero-order chi connectivity index (χ0) is 22.0. The minimum atomic E-state index is -0.0448. The van der Waals surface area contributed by atoms with Crippen LogP contribution in [0.5, 0.6) is 0 Å². The summed E-state index contributed by atoms with van der Waals surface area (Å²) in [5, 5.41) is 17.8. The Bertz CT molecular complexity index is 1480. The van der Waals surface area contributed by atoms with E-state index in [2.05, 4.69) is 9.69 Å². The molecule has 0 spiro atoms. The van der Waals surface area contributed by atoms with Gasteiger partial charge < -0.3 is 13.4 Å². The molecule has 0 saturated carbocycles. The fourth-order valence-electron chi connectivity index (χ4n) is 3.07. The van der Waals surface area contributed by atoms with Crippen LogP contribution in [0.3, 0.4) is 0 Å². The summed E-state index contributed by atoms with van der Waals surface area (Å²) in [6.45, 7) is 13.9. The molecular weight excluding hydrogens is 410 g/mol. The van der Waals surface area contributed by atoms with E-state index in [-0.39, 0.29) is 11.4 Å². The molecule has 0 unspecified atom stereocenters. The van der Waals surface area contributed by atoms with Crippen LogP contribution >= 0.6 is 11.3 Å². The summed E-state index contributed by atoms with van der Waals surface area (Å²) in [7, 11) is 1.89. The van der Waals surface area contributed by atoms with E-state index in [1.807, 2.05) is 48.0 Å². The van der Waals surface area contributed by atoms with Crippen LogP contribution < -0.4 is 0 Å². The first-order valence-corrected chi connectivity index (χ1v) is 9.66. The SMILES string of the molecule is [C-]#[N+]/C(C#N)=C\c1cc2oc(-c3ccc(-c4ccc(/C=C(\C#N)[N+]#[C-])o4)n3C)cc2s1. The molecule has 0 radical (unpaired) electrons. The number of aromatic nitrogens is 1. The number of rotatable bonds is 4. The fourth-order valence-corrected chi connectivity index (χ4v) is 4.03. The summed E-state index contributed by atoms with van der Waals surface area (Å²) < 4.78 is 14.6. The van der Waals surface area contributed by atoms with Crippen LogP contribution in [-0.2, 0) is 7.05 Å². The van der Waals surface area contributed by atoms with Crippen LogP contribution in [0.25, 0.3) is 55.0 Å². The zero-order valence-electron chi connectivity index (χ0n) is 16.1. The van der Waals surface area contributed by atoms with Gasteiger partial charge in [-0.2, -0.15) is 0 Å². The Kier molecular flexibility index (Phi) is 5.00. The van der Waals surface area contributed by atoms with E-state index in [4.69, 9.17) is 32.5 Å². The Hall–Kier alpha value is -4.76. The van der Waals surface area contributed by atoms with Crippen molar-refractivity contribution in [3.05, 3.63) is 81.3 Å². The van der Waals surface area contributed by atoms with Gasteiger partial charge in [0.2, 0.25) is 0 Å². The van der Waals surface area contributed by atoms with Gasteiger partial charge in [0.05, 0.1) is 41.4 Å². The monoisotopic (exact) mass is 421 g/mol. The third kappa shape index (κ3) is 3.63. The van der Waals surface area contributed by atoms with Gasteiger partial charge in [-0.3, -0.25) is 0 Å². The Morgan fingerprint density at radius 3 is 2.29 bits per heavy atom. The second kappa shape index (κ2) is 7.93. The summed E-state index contributed by atoms with van der Waals surface area (Å²) in [6.07, 6.45) is 2.95. The van der Waals surface area contributed by atoms with Gasteiger partial charge in [-0.1, -0.05) is 0 Å². The van der Waals surface area contributed by atoms with Crippen molar-refractivity contribution in [3.63, 3.8) is 0 Å². The number of nitriles is 2. The molecule has 0 aliphatic heterocycles. The highest BCUT2D eigenvalue weighted by Gasteiger charge is 2.16. The van der Waals surface area contributed by atoms with Crippen LogP contribution in [0, 0.1) is 35.8 Å². The molecular formula is C23H11N5O2S. The van der Waals surface area contributed by atoms with Crippen LogP contribution in [0.4, 0.5) is 0 Å². The predicted molar refractivity (Wildman–Crippen MR) is 117 cm³/mol. The molecule has 7 nitrogen and oxygen atoms in total. The molecule has 0 aliphatic rings. The van der Waals surface area contributed by atoms with Crippen molar-refractivity contribution in [3.8, 4) is 35.0 Å². The zero-order valence-corrected chi connectivity index (χ0v) is 16.9. The van der Waals surface area contributed by atoms with E-state index in [1.165, 1.54) is 17.4 Å². The van der Waals surface area contributed by atoms with E-state index < -0.39 is 0 Å². The van der Waals surface area contributed by atoms with E-state index in [0.717, 1.165) is 21.0 Å². The van der Waals surface area contributed by atoms with Crippen LogP contribution in [0.1, 0.15) is 10.6 Å². The van der Waals surface area contributed by atoms with Gasteiger partial charge in [0.15, 0.2) is 11.5 Å². The first kappa shape index (κ1) is 19.6. The highest BCUT2D eigenvalue weighted by atomic mass is 32.1. The Morgan fingerprint density at radius 2 is 1.65 bits per heavy atom. The van der Waals surface area contributed by atoms with Crippen molar-refractivity contribution in [2.24, 2.45) is 7.05 Å². The highest BCUT2D eigenvalue weighted by Crippen LogP contribution is 2.36. The van der Waals surface area contributed by atoms with Crippen LogP contribution in [-0.4, -0.2) is 4.57 Å². The molecule has 4 aromatic heterocycles. The maximum Gasteiger partial charge on any atom is 0.265 e. The average Bonchev–Trinajstić information content (AvgIpc) is 3.53. The summed E-state index contributed by atoms with van der Waals surface area (Å²) in [5.74, 6) is 1.72. The van der Waals surface area contributed by atoms with E-state index in [1.54, 1.807) is 18.2 Å². The molecule has 146 valence electrons. The van der Waals surface area contributed by atoms with E-state index in [0.29, 0.717) is 22.9 Å². The van der Waals surface area contributed by atoms with Crippen molar-refractivity contribution in [1.82, 2.24) is 4.57 Å². The van der Waals surface area contributed by atoms with Gasteiger partial charge in [-0.15, -0.1) is 11.3 Å². The number of allylic oxidation sites excluding steroid dienone is 2. The molecule has 0 bridgehead atoms. The topological polar surface area (TPSA) is 87.5 Å². The molecule has 4 heterocycles. The summed E-state index contributed by atoms with van der Waals surface area (Å²) >= 11 is 1.44. The molecule has 0 aliphatic carbocycles. The highest BCUT2D eigenvalue weighted by molar-refractivity contribution is 7.19. The number of nitrogens with zero attached hydrogens (tertiary/aromatic N) is 5. The van der Waals surface area contributed by atoms with Gasteiger partial charge >= 0.3 is 0 Å². The van der Waals surface area contributed by atoms with E-state index >= 15 is 0 Å². The lowest BCUT2D eigenvalue weighted by atomic mass is 10.3. The third-order valence-electron chi connectivity index (χ3n) is 4.51. The van der Waals surface area contributed by atoms with Crippen molar-refractivity contribution >= 4 is 33.8 Å². The molecule has 8 heteroatoms. The first-order chi connectivity index (χ1) is 15.1. The second-order valence-corrected chi connectivity index (χ2v) is 7.47. The third-order valence-corrected chi connectivity index (χ3v) is 5.52. The molecule has 4 rings (SSSR count). The summed E-state index contributed by atoms with van der Waals surface area (Å²) in [4.78, 5) is 7.09. The molecule has 0 amide bonds. The van der Waals surface area contributed by atoms with Crippen LogP contribution in [0.2, 0.25) is 0 Å². The Labute approximate surface area is 181 Å². The first-order valence-electron chi connectivity index (χ1n) is 8.84. The molecule has 0 atom stereocenters. The maximum absolute atomic E-state index is 8.91. The lowest BCUT2D eigenvalue weighted by Crippen LogP contribution is -1.92. The molecule has 0 aromatic carbocycles. The van der Waals surface area contributed by atoms with Crippen molar-refractivity contribution in [1.29, 1.82) is 10.5 Å². The summed E-state index contributed by atoms with van der Waals surface area (Å²) in [5.41, 5.74) is 2.33.